The molecule has 0 aliphatic heterocycles. The lowest BCUT2D eigenvalue weighted by Gasteiger charge is -2.16. The molecule has 0 bridgehead atoms. The van der Waals surface area contributed by atoms with Crippen LogP contribution in [0.25, 0.3) is 0 Å². The smallest absolute Gasteiger partial charge is 0.260 e. The summed E-state index contributed by atoms with van der Waals surface area (Å²) < 4.78 is 5.39. The van der Waals surface area contributed by atoms with Crippen molar-refractivity contribution in [2.75, 3.05) is 13.7 Å². The van der Waals surface area contributed by atoms with Gasteiger partial charge < -0.3 is 9.64 Å². The van der Waals surface area contributed by atoms with Gasteiger partial charge in [0.1, 0.15) is 5.75 Å². The molecule has 0 spiro atoms. The summed E-state index contributed by atoms with van der Waals surface area (Å²) in [4.78, 5) is 17.6. The molecule has 2 rings (SSSR count). The molecule has 4 nitrogen and oxygen atoms in total. The lowest BCUT2D eigenvalue weighted by atomic mass is 10.3. The van der Waals surface area contributed by atoms with Crippen molar-refractivity contribution < 1.29 is 9.53 Å². The maximum atomic E-state index is 11.9. The van der Waals surface area contributed by atoms with E-state index in [1.165, 1.54) is 11.3 Å². The van der Waals surface area contributed by atoms with Crippen LogP contribution in [0.15, 0.2) is 29.1 Å². The van der Waals surface area contributed by atoms with Gasteiger partial charge in [-0.05, 0) is 18.2 Å². The zero-order chi connectivity index (χ0) is 14.5. The lowest BCUT2D eigenvalue weighted by molar-refractivity contribution is -0.132. The van der Waals surface area contributed by atoms with Crippen LogP contribution in [0.3, 0.4) is 0 Å². The summed E-state index contributed by atoms with van der Waals surface area (Å²) in [5.41, 5.74) is 2.59. The quantitative estimate of drug-likeness (QED) is 0.842. The Morgan fingerprint density at radius 2 is 2.05 bits per heavy atom. The number of halogens is 2. The molecule has 0 unspecified atom stereocenters. The second-order valence-electron chi connectivity index (χ2n) is 4.12. The van der Waals surface area contributed by atoms with E-state index < -0.39 is 0 Å². The Kier molecular flexibility index (Phi) is 5.23. The molecule has 7 heteroatoms. The second-order valence-corrected chi connectivity index (χ2v) is 5.71. The second kappa shape index (κ2) is 6.92. The van der Waals surface area contributed by atoms with Crippen LogP contribution in [-0.2, 0) is 11.3 Å². The Balaban J connectivity index is 1.88. The van der Waals surface area contributed by atoms with E-state index in [0.29, 0.717) is 22.3 Å². The number of carbonyl (C=O) groups is 1. The molecule has 0 aliphatic rings. The van der Waals surface area contributed by atoms with Crippen molar-refractivity contribution in [1.29, 1.82) is 0 Å². The molecule has 0 saturated heterocycles. The van der Waals surface area contributed by atoms with Crippen molar-refractivity contribution in [3.63, 3.8) is 0 Å². The number of ether oxygens (including phenoxy) is 1. The fourth-order valence-electron chi connectivity index (χ4n) is 1.51. The minimum absolute atomic E-state index is 0.0721. The number of hydrogen-bond acceptors (Lipinski definition) is 4. The number of aromatic nitrogens is 1. The van der Waals surface area contributed by atoms with Crippen molar-refractivity contribution in [3.05, 3.63) is 44.8 Å². The van der Waals surface area contributed by atoms with E-state index in [1.807, 2.05) is 5.38 Å². The van der Waals surface area contributed by atoms with Gasteiger partial charge in [0.05, 0.1) is 17.7 Å². The zero-order valence-corrected chi connectivity index (χ0v) is 13.0. The number of likely N-dealkylation sites (N-methyl/N-ethyl adjacent to an activating group) is 1. The molecule has 0 N–H and O–H groups in total. The van der Waals surface area contributed by atoms with Crippen LogP contribution in [-0.4, -0.2) is 29.4 Å². The van der Waals surface area contributed by atoms with E-state index in [0.717, 1.165) is 5.69 Å². The van der Waals surface area contributed by atoms with Gasteiger partial charge in [-0.2, -0.15) is 0 Å². The van der Waals surface area contributed by atoms with Crippen molar-refractivity contribution in [2.45, 2.75) is 6.54 Å². The van der Waals surface area contributed by atoms with Crippen LogP contribution in [0.2, 0.25) is 10.0 Å². The molecule has 0 fully saturated rings. The van der Waals surface area contributed by atoms with Crippen LogP contribution < -0.4 is 4.74 Å². The van der Waals surface area contributed by atoms with E-state index in [4.69, 9.17) is 27.9 Å². The minimum Gasteiger partial charge on any atom is -0.484 e. The number of rotatable bonds is 5. The van der Waals surface area contributed by atoms with E-state index in [-0.39, 0.29) is 12.5 Å². The highest BCUT2D eigenvalue weighted by Crippen LogP contribution is 2.24. The van der Waals surface area contributed by atoms with Gasteiger partial charge in [-0.25, -0.2) is 4.98 Å². The number of thiazole rings is 1. The largest absolute Gasteiger partial charge is 0.484 e. The predicted octanol–water partition coefficient (Wildman–Crippen LogP) is 3.49. The first-order valence-corrected chi connectivity index (χ1v) is 7.44. The third-order valence-electron chi connectivity index (χ3n) is 2.51. The van der Waals surface area contributed by atoms with Gasteiger partial charge in [-0.15, -0.1) is 11.3 Å². The Morgan fingerprint density at radius 1 is 1.35 bits per heavy atom. The SMILES string of the molecule is CN(Cc1cscn1)C(=O)COc1cc(Cl)cc(Cl)c1. The first-order valence-electron chi connectivity index (χ1n) is 5.74. The third kappa shape index (κ3) is 4.37. The van der Waals surface area contributed by atoms with Gasteiger partial charge in [0.25, 0.3) is 5.91 Å². The van der Waals surface area contributed by atoms with Gasteiger partial charge in [-0.1, -0.05) is 23.2 Å². The Morgan fingerprint density at radius 3 is 2.65 bits per heavy atom. The molecule has 106 valence electrons. The monoisotopic (exact) mass is 330 g/mol. The summed E-state index contributed by atoms with van der Waals surface area (Å²) in [5.74, 6) is 0.326. The van der Waals surface area contributed by atoms with Crippen molar-refractivity contribution in [2.24, 2.45) is 0 Å². The van der Waals surface area contributed by atoms with E-state index >= 15 is 0 Å². The average molecular weight is 331 g/mol. The molecule has 0 atom stereocenters. The molecular formula is C13H12Cl2N2O2S. The predicted molar refractivity (Wildman–Crippen MR) is 80.5 cm³/mol. The molecule has 0 radical (unpaired) electrons. The highest BCUT2D eigenvalue weighted by Gasteiger charge is 2.11. The Labute approximate surface area is 130 Å². The van der Waals surface area contributed by atoms with Gasteiger partial charge in [0.15, 0.2) is 6.61 Å². The molecular weight excluding hydrogens is 319 g/mol. The summed E-state index contributed by atoms with van der Waals surface area (Å²) >= 11 is 13.2. The van der Waals surface area contributed by atoms with Crippen molar-refractivity contribution in [3.8, 4) is 5.75 Å². The Hall–Kier alpha value is -1.30. The zero-order valence-electron chi connectivity index (χ0n) is 10.7. The average Bonchev–Trinajstić information content (AvgIpc) is 2.87. The van der Waals surface area contributed by atoms with E-state index in [2.05, 4.69) is 4.98 Å². The van der Waals surface area contributed by atoms with Crippen LogP contribution in [0.1, 0.15) is 5.69 Å². The summed E-state index contributed by atoms with van der Waals surface area (Å²) in [5, 5.41) is 2.84. The van der Waals surface area contributed by atoms with Gasteiger partial charge in [-0.3, -0.25) is 4.79 Å². The van der Waals surface area contributed by atoms with Crippen LogP contribution in [0, 0.1) is 0 Å². The fourth-order valence-corrected chi connectivity index (χ4v) is 2.57. The topological polar surface area (TPSA) is 42.4 Å². The molecule has 2 aromatic rings. The molecule has 1 heterocycles. The number of hydrogen-bond donors (Lipinski definition) is 0. The Bertz CT molecular complexity index is 570. The minimum atomic E-state index is -0.144. The van der Waals surface area contributed by atoms with E-state index in [9.17, 15) is 4.79 Å². The molecule has 0 saturated carbocycles. The van der Waals surface area contributed by atoms with Crippen LogP contribution >= 0.6 is 34.5 Å². The molecule has 1 amide bonds. The van der Waals surface area contributed by atoms with Crippen LogP contribution in [0.4, 0.5) is 0 Å². The van der Waals surface area contributed by atoms with Crippen molar-refractivity contribution in [1.82, 2.24) is 9.88 Å². The first kappa shape index (κ1) is 15.1. The fraction of sp³-hybridized carbons (Fsp3) is 0.231. The van der Waals surface area contributed by atoms with Gasteiger partial charge >= 0.3 is 0 Å². The number of amides is 1. The number of nitrogens with zero attached hydrogens (tertiary/aromatic N) is 2. The summed E-state index contributed by atoms with van der Waals surface area (Å²) in [6.07, 6.45) is 0. The molecule has 1 aromatic carbocycles. The third-order valence-corrected chi connectivity index (χ3v) is 3.58. The summed E-state index contributed by atoms with van der Waals surface area (Å²) in [7, 11) is 1.70. The maximum absolute atomic E-state index is 11.9. The maximum Gasteiger partial charge on any atom is 0.260 e. The highest BCUT2D eigenvalue weighted by molar-refractivity contribution is 7.07. The van der Waals surface area contributed by atoms with E-state index in [1.54, 1.807) is 35.7 Å². The standard InChI is InChI=1S/C13H12Cl2N2O2S/c1-17(5-11-7-20-8-16-11)13(18)6-19-12-3-9(14)2-10(15)4-12/h2-4,7-8H,5-6H2,1H3. The summed E-state index contributed by atoms with van der Waals surface area (Å²) in [6.45, 7) is 0.388. The van der Waals surface area contributed by atoms with Gasteiger partial charge in [0, 0.05) is 22.5 Å². The lowest BCUT2D eigenvalue weighted by Crippen LogP contribution is -2.31. The van der Waals surface area contributed by atoms with Crippen LogP contribution in [0.5, 0.6) is 5.75 Å². The molecule has 0 aliphatic carbocycles. The molecule has 20 heavy (non-hydrogen) atoms. The van der Waals surface area contributed by atoms with Crippen molar-refractivity contribution >= 4 is 40.4 Å². The summed E-state index contributed by atoms with van der Waals surface area (Å²) in [6, 6.07) is 4.83. The highest BCUT2D eigenvalue weighted by atomic mass is 35.5. The number of carbonyl (C=O) groups excluding carboxylic acids is 1. The molecule has 1 aromatic heterocycles. The number of benzene rings is 1. The first-order chi connectivity index (χ1) is 9.54. The van der Waals surface area contributed by atoms with Gasteiger partial charge in [0.2, 0.25) is 0 Å². The normalized spacial score (nSPS) is 10.3.